The molecule has 1 atom stereocenters. The quantitative estimate of drug-likeness (QED) is 0.483. The number of nitrogens with two attached hydrogens (primary N) is 2. The van der Waals surface area contributed by atoms with Crippen LogP contribution < -0.4 is 16.8 Å². The Morgan fingerprint density at radius 2 is 2.20 bits per heavy atom. The molecule has 0 bridgehead atoms. The Hall–Kier alpha value is -2.16. The van der Waals surface area contributed by atoms with Crippen molar-refractivity contribution in [3.05, 3.63) is 52.5 Å². The summed E-state index contributed by atoms with van der Waals surface area (Å²) >= 11 is 6.18. The molecule has 5 nitrogen and oxygen atoms in total. The van der Waals surface area contributed by atoms with E-state index >= 15 is 0 Å². The minimum Gasteiger partial charge on any atom is -0.475 e. The highest BCUT2D eigenvalue weighted by Gasteiger charge is 2.49. The molecule has 0 radical (unpaired) electrons. The van der Waals surface area contributed by atoms with Crippen molar-refractivity contribution in [2.45, 2.75) is 39.2 Å². The first-order valence-electron chi connectivity index (χ1n) is 8.36. The zero-order chi connectivity index (χ0) is 18.6. The van der Waals surface area contributed by atoms with Gasteiger partial charge in [-0.3, -0.25) is 0 Å². The zero-order valence-corrected chi connectivity index (χ0v) is 15.5. The molecule has 1 unspecified atom stereocenters. The molecule has 1 aliphatic rings. The molecule has 5 N–H and O–H groups in total. The molecule has 0 aliphatic heterocycles. The van der Waals surface area contributed by atoms with Crippen LogP contribution in [0.25, 0.3) is 0 Å². The number of benzene rings is 1. The zero-order valence-electron chi connectivity index (χ0n) is 14.7. The Bertz CT molecular complexity index is 731. The summed E-state index contributed by atoms with van der Waals surface area (Å²) in [6, 6.07) is 7.07. The second kappa shape index (κ2) is 7.81. The van der Waals surface area contributed by atoms with Gasteiger partial charge in [0.15, 0.2) is 5.88 Å². The molecule has 0 saturated heterocycles. The van der Waals surface area contributed by atoms with E-state index in [0.29, 0.717) is 40.0 Å². The third-order valence-electron chi connectivity index (χ3n) is 4.83. The van der Waals surface area contributed by atoms with Crippen LogP contribution in [0.3, 0.4) is 0 Å². The number of nitriles is 1. The number of rotatable bonds is 8. The molecule has 1 aromatic carbocycles. The number of halogens is 1. The van der Waals surface area contributed by atoms with Crippen LogP contribution in [0, 0.1) is 16.7 Å². The predicted molar refractivity (Wildman–Crippen MR) is 102 cm³/mol. The summed E-state index contributed by atoms with van der Waals surface area (Å²) < 4.78 is 6.01. The van der Waals surface area contributed by atoms with E-state index in [-0.39, 0.29) is 11.5 Å². The average molecular weight is 361 g/mol. The van der Waals surface area contributed by atoms with Crippen molar-refractivity contribution < 1.29 is 4.74 Å². The number of ether oxygens (including phenoxy) is 1. The van der Waals surface area contributed by atoms with Gasteiger partial charge in [0.1, 0.15) is 6.10 Å². The summed E-state index contributed by atoms with van der Waals surface area (Å²) in [5.74, 6) is 0.342. The van der Waals surface area contributed by atoms with E-state index in [0.717, 1.165) is 19.3 Å². The molecular weight excluding hydrogens is 336 g/mol. The van der Waals surface area contributed by atoms with Gasteiger partial charge in [0.25, 0.3) is 0 Å². The van der Waals surface area contributed by atoms with Crippen molar-refractivity contribution in [3.8, 4) is 6.07 Å². The third-order valence-corrected chi connectivity index (χ3v) is 5.14. The third kappa shape index (κ3) is 4.28. The van der Waals surface area contributed by atoms with Crippen LogP contribution in [0.5, 0.6) is 0 Å². The van der Waals surface area contributed by atoms with Crippen LogP contribution in [0.2, 0.25) is 5.02 Å². The van der Waals surface area contributed by atoms with Gasteiger partial charge in [-0.05, 0) is 44.4 Å². The van der Waals surface area contributed by atoms with Gasteiger partial charge in [0.2, 0.25) is 0 Å². The fourth-order valence-electron chi connectivity index (χ4n) is 2.79. The van der Waals surface area contributed by atoms with Gasteiger partial charge in [-0.15, -0.1) is 0 Å². The molecule has 0 amide bonds. The smallest absolute Gasteiger partial charge is 0.189 e. The molecule has 6 heteroatoms. The van der Waals surface area contributed by atoms with Crippen molar-refractivity contribution in [1.82, 2.24) is 0 Å². The van der Waals surface area contributed by atoms with Gasteiger partial charge in [-0.2, -0.15) is 5.26 Å². The summed E-state index contributed by atoms with van der Waals surface area (Å²) in [6.45, 7) is 8.54. The molecule has 2 rings (SSSR count). The standard InChI is InChI=1S/C19H25ClN4O/c1-4-17(19(11-22)7-8-19)25-18(23)12(2)13(3)24-16-6-5-14(10-21)9-15(16)20/h5-6,9,17,24H,3-4,7-8,11,22-23H2,1-2H3/b18-12+. The summed E-state index contributed by atoms with van der Waals surface area (Å²) in [4.78, 5) is 0. The average Bonchev–Trinajstić information content (AvgIpc) is 3.41. The second-order valence-electron chi connectivity index (χ2n) is 6.48. The van der Waals surface area contributed by atoms with Gasteiger partial charge in [0.05, 0.1) is 22.3 Å². The SMILES string of the molecule is C=C(Nc1ccc(C#N)cc1Cl)/C(C)=C(\N)OC(CC)C1(CN)CC1. The second-order valence-corrected chi connectivity index (χ2v) is 6.89. The summed E-state index contributed by atoms with van der Waals surface area (Å²) in [6.07, 6.45) is 3.02. The minimum absolute atomic E-state index is 0.0127. The van der Waals surface area contributed by atoms with Crippen LogP contribution in [-0.2, 0) is 4.74 Å². The van der Waals surface area contributed by atoms with Crippen molar-refractivity contribution in [2.24, 2.45) is 16.9 Å². The number of nitrogens with one attached hydrogen (secondary N) is 1. The van der Waals surface area contributed by atoms with Gasteiger partial charge in [-0.25, -0.2) is 0 Å². The van der Waals surface area contributed by atoms with Crippen LogP contribution in [0.4, 0.5) is 5.69 Å². The lowest BCUT2D eigenvalue weighted by Crippen LogP contribution is -2.33. The van der Waals surface area contributed by atoms with E-state index in [4.69, 9.17) is 33.1 Å². The molecule has 0 aromatic heterocycles. The number of allylic oxidation sites excluding steroid dienone is 1. The van der Waals surface area contributed by atoms with Gasteiger partial charge in [-0.1, -0.05) is 25.1 Å². The highest BCUT2D eigenvalue weighted by molar-refractivity contribution is 6.33. The Morgan fingerprint density at radius 1 is 1.52 bits per heavy atom. The molecular formula is C19H25ClN4O. The molecule has 0 spiro atoms. The first-order valence-corrected chi connectivity index (χ1v) is 8.73. The minimum atomic E-state index is 0.0127. The van der Waals surface area contributed by atoms with Crippen LogP contribution in [0.1, 0.15) is 38.7 Å². The van der Waals surface area contributed by atoms with Crippen molar-refractivity contribution in [3.63, 3.8) is 0 Å². The van der Waals surface area contributed by atoms with Crippen molar-refractivity contribution >= 4 is 17.3 Å². The summed E-state index contributed by atoms with van der Waals surface area (Å²) in [5, 5.41) is 12.5. The molecule has 1 aliphatic carbocycles. The lowest BCUT2D eigenvalue weighted by Gasteiger charge is -2.27. The topological polar surface area (TPSA) is 97.1 Å². The molecule has 25 heavy (non-hydrogen) atoms. The monoisotopic (exact) mass is 360 g/mol. The van der Waals surface area contributed by atoms with Gasteiger partial charge < -0.3 is 21.5 Å². The molecule has 1 fully saturated rings. The van der Waals surface area contributed by atoms with E-state index in [2.05, 4.69) is 18.8 Å². The summed E-state index contributed by atoms with van der Waals surface area (Å²) in [5.41, 5.74) is 14.6. The largest absolute Gasteiger partial charge is 0.475 e. The highest BCUT2D eigenvalue weighted by atomic mass is 35.5. The lowest BCUT2D eigenvalue weighted by molar-refractivity contribution is 0.0485. The van der Waals surface area contributed by atoms with E-state index in [1.165, 1.54) is 0 Å². The van der Waals surface area contributed by atoms with Crippen molar-refractivity contribution in [1.29, 1.82) is 5.26 Å². The highest BCUT2D eigenvalue weighted by Crippen LogP contribution is 2.50. The molecule has 1 aromatic rings. The number of hydrogen-bond donors (Lipinski definition) is 3. The maximum atomic E-state index is 8.90. The fourth-order valence-corrected chi connectivity index (χ4v) is 3.02. The Labute approximate surface area is 154 Å². The van der Waals surface area contributed by atoms with Crippen LogP contribution in [-0.4, -0.2) is 12.6 Å². The molecule has 1 saturated carbocycles. The Kier molecular flexibility index (Phi) is 5.99. The van der Waals surface area contributed by atoms with E-state index in [1.807, 2.05) is 13.0 Å². The van der Waals surface area contributed by atoms with E-state index in [9.17, 15) is 0 Å². The summed E-state index contributed by atoms with van der Waals surface area (Å²) in [7, 11) is 0. The normalized spacial score (nSPS) is 17.1. The first-order chi connectivity index (χ1) is 11.9. The van der Waals surface area contributed by atoms with Gasteiger partial charge in [0, 0.05) is 23.2 Å². The van der Waals surface area contributed by atoms with E-state index in [1.54, 1.807) is 18.2 Å². The number of hydrogen-bond acceptors (Lipinski definition) is 5. The predicted octanol–water partition coefficient (Wildman–Crippen LogP) is 3.86. The fraction of sp³-hybridized carbons (Fsp3) is 0.421. The Morgan fingerprint density at radius 3 is 2.68 bits per heavy atom. The van der Waals surface area contributed by atoms with Crippen LogP contribution >= 0.6 is 11.6 Å². The van der Waals surface area contributed by atoms with Crippen LogP contribution in [0.15, 0.2) is 41.9 Å². The molecule has 0 heterocycles. The maximum absolute atomic E-state index is 8.90. The number of anilines is 1. The number of nitrogens with zero attached hydrogens (tertiary/aromatic N) is 1. The molecule has 134 valence electrons. The van der Waals surface area contributed by atoms with Crippen molar-refractivity contribution in [2.75, 3.05) is 11.9 Å². The van der Waals surface area contributed by atoms with Gasteiger partial charge >= 0.3 is 0 Å². The maximum Gasteiger partial charge on any atom is 0.189 e. The Balaban J connectivity index is 2.09. The first kappa shape index (κ1) is 19.2. The lowest BCUT2D eigenvalue weighted by atomic mass is 9.97. The van der Waals surface area contributed by atoms with E-state index < -0.39 is 0 Å².